The predicted octanol–water partition coefficient (Wildman–Crippen LogP) is 2.63. The van der Waals surface area contributed by atoms with Crippen LogP contribution in [0.1, 0.15) is 11.1 Å². The minimum absolute atomic E-state index is 0.416. The van der Waals surface area contributed by atoms with E-state index >= 15 is 0 Å². The largest absolute Gasteiger partial charge is 0.332 e. The highest BCUT2D eigenvalue weighted by molar-refractivity contribution is 6.35. The smallest absolute Gasteiger partial charge is 0.312 e. The summed E-state index contributed by atoms with van der Waals surface area (Å²) in [5.41, 5.74) is 2.99. The Hall–Kier alpha value is -3.74. The van der Waals surface area contributed by atoms with E-state index in [2.05, 4.69) is 15.3 Å². The summed E-state index contributed by atoms with van der Waals surface area (Å²) in [7, 11) is 0. The average molecular weight is 401 g/mol. The van der Waals surface area contributed by atoms with Gasteiger partial charge in [0.15, 0.2) is 0 Å². The molecule has 152 valence electrons. The van der Waals surface area contributed by atoms with E-state index in [-0.39, 0.29) is 0 Å². The second kappa shape index (κ2) is 9.17. The first kappa shape index (κ1) is 19.6. The molecule has 2 heterocycles. The van der Waals surface area contributed by atoms with Crippen LogP contribution in [-0.4, -0.2) is 51.2 Å². The summed E-state index contributed by atoms with van der Waals surface area (Å²) in [5, 5.41) is 3.12. The van der Waals surface area contributed by atoms with E-state index in [1.54, 1.807) is 28.3 Å². The fraction of sp³-hybridized carbons (Fsp3) is 0.217. The molecule has 1 saturated heterocycles. The summed E-state index contributed by atoms with van der Waals surface area (Å²) in [4.78, 5) is 36.6. The average Bonchev–Trinajstić information content (AvgIpc) is 2.79. The van der Waals surface area contributed by atoms with Crippen LogP contribution in [0.2, 0.25) is 0 Å². The predicted molar refractivity (Wildman–Crippen MR) is 114 cm³/mol. The van der Waals surface area contributed by atoms with Crippen LogP contribution in [0.25, 0.3) is 0 Å². The second-order valence-corrected chi connectivity index (χ2v) is 7.15. The van der Waals surface area contributed by atoms with Gasteiger partial charge in [0.2, 0.25) is 5.95 Å². The summed E-state index contributed by atoms with van der Waals surface area (Å²) in [6.07, 6.45) is 4.09. The van der Waals surface area contributed by atoms with Gasteiger partial charge in [0, 0.05) is 44.3 Å². The van der Waals surface area contributed by atoms with Gasteiger partial charge >= 0.3 is 11.8 Å². The molecule has 0 aliphatic carbocycles. The van der Waals surface area contributed by atoms with Crippen molar-refractivity contribution >= 4 is 23.5 Å². The highest BCUT2D eigenvalue weighted by Gasteiger charge is 2.32. The number of benzene rings is 2. The van der Waals surface area contributed by atoms with Gasteiger partial charge in [0.25, 0.3) is 0 Å². The fourth-order valence-corrected chi connectivity index (χ4v) is 3.39. The molecule has 7 heteroatoms. The number of nitrogens with one attached hydrogen (secondary N) is 1. The van der Waals surface area contributed by atoms with Crippen molar-refractivity contribution < 1.29 is 9.59 Å². The second-order valence-electron chi connectivity index (χ2n) is 7.15. The zero-order valence-corrected chi connectivity index (χ0v) is 16.6. The minimum atomic E-state index is -0.436. The normalized spacial score (nSPS) is 14.1. The lowest BCUT2D eigenvalue weighted by Gasteiger charge is -2.33. The van der Waals surface area contributed by atoms with Crippen molar-refractivity contribution in [3.63, 3.8) is 0 Å². The van der Waals surface area contributed by atoms with Crippen molar-refractivity contribution in [2.75, 3.05) is 25.0 Å². The van der Waals surface area contributed by atoms with Crippen LogP contribution < -0.4 is 5.32 Å². The highest BCUT2D eigenvalue weighted by Crippen LogP contribution is 2.16. The van der Waals surface area contributed by atoms with Gasteiger partial charge in [0.1, 0.15) is 0 Å². The van der Waals surface area contributed by atoms with Gasteiger partial charge < -0.3 is 15.1 Å². The van der Waals surface area contributed by atoms with E-state index < -0.39 is 11.8 Å². The molecule has 0 radical (unpaired) electrons. The van der Waals surface area contributed by atoms with Crippen molar-refractivity contribution in [1.82, 2.24) is 19.8 Å². The van der Waals surface area contributed by atoms with E-state index in [0.717, 1.165) is 23.2 Å². The van der Waals surface area contributed by atoms with Crippen LogP contribution in [0.5, 0.6) is 0 Å². The maximum Gasteiger partial charge on any atom is 0.312 e. The van der Waals surface area contributed by atoms with Gasteiger partial charge in [-0.15, -0.1) is 0 Å². The summed E-state index contributed by atoms with van der Waals surface area (Å²) in [6, 6.07) is 19.4. The number of carbonyl (C=O) groups is 2. The monoisotopic (exact) mass is 401 g/mol. The summed E-state index contributed by atoms with van der Waals surface area (Å²) < 4.78 is 0. The Morgan fingerprint density at radius 3 is 2.17 bits per heavy atom. The van der Waals surface area contributed by atoms with Gasteiger partial charge in [-0.3, -0.25) is 9.59 Å². The molecule has 0 atom stereocenters. The first-order chi connectivity index (χ1) is 14.7. The van der Waals surface area contributed by atoms with Gasteiger partial charge in [0.05, 0.1) is 0 Å². The van der Waals surface area contributed by atoms with Crippen LogP contribution in [0.4, 0.5) is 11.6 Å². The molecular weight excluding hydrogens is 378 g/mol. The Labute approximate surface area is 175 Å². The van der Waals surface area contributed by atoms with Crippen molar-refractivity contribution in [1.29, 1.82) is 0 Å². The Morgan fingerprint density at radius 2 is 1.43 bits per heavy atom. The highest BCUT2D eigenvalue weighted by atomic mass is 16.2. The topological polar surface area (TPSA) is 78.4 Å². The number of aromatic nitrogens is 2. The standard InChI is InChI=1S/C23H23N5O2/c29-21-22(30)28(16-15-27(21)14-11-18-5-2-1-3-6-18)17-19-7-9-20(10-8-19)26-23-24-12-4-13-25-23/h1-10,12-13H,11,14-17H2,(H,24,25,26). The Balaban J connectivity index is 1.31. The zero-order chi connectivity index (χ0) is 20.8. The molecule has 2 aromatic carbocycles. The van der Waals surface area contributed by atoms with E-state index in [9.17, 15) is 9.59 Å². The molecule has 4 rings (SSSR count). The number of anilines is 2. The third-order valence-corrected chi connectivity index (χ3v) is 5.06. The molecule has 0 spiro atoms. The van der Waals surface area contributed by atoms with Crippen molar-refractivity contribution in [3.05, 3.63) is 84.2 Å². The molecule has 0 bridgehead atoms. The minimum Gasteiger partial charge on any atom is -0.332 e. The molecule has 1 aromatic heterocycles. The summed E-state index contributed by atoms with van der Waals surface area (Å²) >= 11 is 0. The van der Waals surface area contributed by atoms with Crippen molar-refractivity contribution in [3.8, 4) is 0 Å². The van der Waals surface area contributed by atoms with Gasteiger partial charge in [-0.05, 0) is 35.7 Å². The molecule has 1 aliphatic rings. The molecular formula is C23H23N5O2. The summed E-state index contributed by atoms with van der Waals surface area (Å²) in [5.74, 6) is -0.330. The van der Waals surface area contributed by atoms with E-state index in [4.69, 9.17) is 0 Å². The molecule has 7 nitrogen and oxygen atoms in total. The molecule has 1 aliphatic heterocycles. The lowest BCUT2D eigenvalue weighted by Crippen LogP contribution is -2.54. The number of rotatable bonds is 7. The number of piperazine rings is 1. The molecule has 1 N–H and O–H groups in total. The van der Waals surface area contributed by atoms with Crippen molar-refractivity contribution in [2.45, 2.75) is 13.0 Å². The number of carbonyl (C=O) groups excluding carboxylic acids is 2. The number of nitrogens with zero attached hydrogens (tertiary/aromatic N) is 4. The first-order valence-corrected chi connectivity index (χ1v) is 9.94. The van der Waals surface area contributed by atoms with Gasteiger partial charge in [-0.2, -0.15) is 0 Å². The van der Waals surface area contributed by atoms with E-state index in [1.165, 1.54) is 0 Å². The Morgan fingerprint density at radius 1 is 0.767 bits per heavy atom. The van der Waals surface area contributed by atoms with Gasteiger partial charge in [-0.1, -0.05) is 42.5 Å². The summed E-state index contributed by atoms with van der Waals surface area (Å²) in [6.45, 7) is 2.07. The first-order valence-electron chi connectivity index (χ1n) is 9.94. The maximum atomic E-state index is 12.6. The molecule has 1 fully saturated rings. The molecule has 0 unspecified atom stereocenters. The molecule has 0 saturated carbocycles. The van der Waals surface area contributed by atoms with Crippen LogP contribution in [0.3, 0.4) is 0 Å². The quantitative estimate of drug-likeness (QED) is 0.616. The third kappa shape index (κ3) is 4.81. The maximum absolute atomic E-state index is 12.6. The van der Waals surface area contributed by atoms with Gasteiger partial charge in [-0.25, -0.2) is 9.97 Å². The lowest BCUT2D eigenvalue weighted by atomic mass is 10.1. The number of hydrogen-bond donors (Lipinski definition) is 1. The van der Waals surface area contributed by atoms with Crippen LogP contribution in [0, 0.1) is 0 Å². The molecule has 3 aromatic rings. The van der Waals surface area contributed by atoms with Crippen LogP contribution in [-0.2, 0) is 22.6 Å². The van der Waals surface area contributed by atoms with Crippen LogP contribution >= 0.6 is 0 Å². The molecule has 30 heavy (non-hydrogen) atoms. The number of amides is 2. The SMILES string of the molecule is O=C1C(=O)N(Cc2ccc(Nc3ncccn3)cc2)CCN1CCc1ccccc1. The Bertz CT molecular complexity index is 993. The fourth-order valence-electron chi connectivity index (χ4n) is 3.39. The van der Waals surface area contributed by atoms with E-state index in [0.29, 0.717) is 32.1 Å². The van der Waals surface area contributed by atoms with E-state index in [1.807, 2.05) is 54.6 Å². The van der Waals surface area contributed by atoms with Crippen LogP contribution in [0.15, 0.2) is 73.1 Å². The zero-order valence-electron chi connectivity index (χ0n) is 16.6. The van der Waals surface area contributed by atoms with Crippen molar-refractivity contribution in [2.24, 2.45) is 0 Å². The molecule has 2 amide bonds. The lowest BCUT2D eigenvalue weighted by molar-refractivity contribution is -0.156. The number of hydrogen-bond acceptors (Lipinski definition) is 5. The Kier molecular flexibility index (Phi) is 5.98. The third-order valence-electron chi connectivity index (χ3n) is 5.06.